The van der Waals surface area contributed by atoms with E-state index < -0.39 is 6.10 Å². The first-order valence-corrected chi connectivity index (χ1v) is 7.87. The molecule has 4 nitrogen and oxygen atoms in total. The summed E-state index contributed by atoms with van der Waals surface area (Å²) in [6, 6.07) is 12.0. The maximum Gasteiger partial charge on any atom is 0.319 e. The number of halogens is 2. The number of nitrogens with one attached hydrogen (secondary N) is 2. The van der Waals surface area contributed by atoms with Crippen molar-refractivity contribution < 1.29 is 9.90 Å². The van der Waals surface area contributed by atoms with Crippen molar-refractivity contribution in [2.24, 2.45) is 0 Å². The molecule has 0 aliphatic carbocycles. The molecule has 0 heterocycles. The monoisotopic (exact) mass is 382 g/mol. The van der Waals surface area contributed by atoms with Gasteiger partial charge in [-0.1, -0.05) is 45.7 Å². The number of carbonyl (C=O) groups excluding carboxylic acids is 1. The maximum absolute atomic E-state index is 11.8. The van der Waals surface area contributed by atoms with E-state index >= 15 is 0 Å². The Labute approximate surface area is 142 Å². The molecule has 6 heteroatoms. The second-order valence-corrected chi connectivity index (χ2v) is 6.16. The summed E-state index contributed by atoms with van der Waals surface area (Å²) in [5.41, 5.74) is 2.46. The van der Waals surface area contributed by atoms with Gasteiger partial charge in [0.1, 0.15) is 0 Å². The maximum atomic E-state index is 11.8. The molecule has 0 aliphatic rings. The standard InChI is InChI=1S/C16H16BrClN2O2/c1-10-2-7-13(8-14(10)17)20-16(22)19-9-15(21)11-3-5-12(18)6-4-11/h2-8,15,21H,9H2,1H3,(H2,19,20,22). The van der Waals surface area contributed by atoms with Gasteiger partial charge < -0.3 is 15.7 Å². The third-order valence-electron chi connectivity index (χ3n) is 3.14. The van der Waals surface area contributed by atoms with Crippen LogP contribution in [0.15, 0.2) is 46.9 Å². The number of amides is 2. The second kappa shape index (κ2) is 7.63. The summed E-state index contributed by atoms with van der Waals surface area (Å²) in [5, 5.41) is 16.0. The third-order valence-corrected chi connectivity index (χ3v) is 4.25. The minimum Gasteiger partial charge on any atom is -0.387 e. The average Bonchev–Trinajstić information content (AvgIpc) is 2.49. The Morgan fingerprint density at radius 2 is 1.95 bits per heavy atom. The van der Waals surface area contributed by atoms with Crippen LogP contribution >= 0.6 is 27.5 Å². The van der Waals surface area contributed by atoms with E-state index in [1.54, 1.807) is 24.3 Å². The highest BCUT2D eigenvalue weighted by Crippen LogP contribution is 2.20. The van der Waals surface area contributed by atoms with E-state index in [2.05, 4.69) is 26.6 Å². The largest absolute Gasteiger partial charge is 0.387 e. The number of benzene rings is 2. The smallest absolute Gasteiger partial charge is 0.319 e. The van der Waals surface area contributed by atoms with Crippen molar-refractivity contribution in [3.05, 3.63) is 63.1 Å². The van der Waals surface area contributed by atoms with Gasteiger partial charge in [0.05, 0.1) is 6.10 Å². The van der Waals surface area contributed by atoms with Crippen LogP contribution in [0.5, 0.6) is 0 Å². The summed E-state index contributed by atoms with van der Waals surface area (Å²) in [6.45, 7) is 2.08. The number of hydrogen-bond acceptors (Lipinski definition) is 2. The molecule has 2 aromatic rings. The summed E-state index contributed by atoms with van der Waals surface area (Å²) in [4.78, 5) is 11.8. The van der Waals surface area contributed by atoms with E-state index in [1.165, 1.54) is 0 Å². The Morgan fingerprint density at radius 1 is 1.27 bits per heavy atom. The molecule has 0 spiro atoms. The minimum absolute atomic E-state index is 0.112. The van der Waals surface area contributed by atoms with Crippen LogP contribution in [-0.4, -0.2) is 17.7 Å². The lowest BCUT2D eigenvalue weighted by Crippen LogP contribution is -2.32. The van der Waals surface area contributed by atoms with Gasteiger partial charge in [-0.05, 0) is 42.3 Å². The molecule has 2 amide bonds. The first-order chi connectivity index (χ1) is 10.5. The quantitative estimate of drug-likeness (QED) is 0.738. The highest BCUT2D eigenvalue weighted by Gasteiger charge is 2.10. The van der Waals surface area contributed by atoms with Crippen molar-refractivity contribution in [2.75, 3.05) is 11.9 Å². The van der Waals surface area contributed by atoms with E-state index in [0.29, 0.717) is 16.3 Å². The molecule has 0 bridgehead atoms. The molecule has 116 valence electrons. The molecular weight excluding hydrogens is 368 g/mol. The van der Waals surface area contributed by atoms with Gasteiger partial charge in [-0.2, -0.15) is 0 Å². The van der Waals surface area contributed by atoms with Crippen LogP contribution in [-0.2, 0) is 0 Å². The lowest BCUT2D eigenvalue weighted by atomic mass is 10.1. The lowest BCUT2D eigenvalue weighted by molar-refractivity contribution is 0.175. The van der Waals surface area contributed by atoms with Crippen LogP contribution in [0.3, 0.4) is 0 Å². The van der Waals surface area contributed by atoms with E-state index in [0.717, 1.165) is 10.0 Å². The van der Waals surface area contributed by atoms with Crippen LogP contribution in [0.4, 0.5) is 10.5 Å². The van der Waals surface area contributed by atoms with Gasteiger partial charge in [0.15, 0.2) is 0 Å². The topological polar surface area (TPSA) is 61.4 Å². The number of aliphatic hydroxyl groups excluding tert-OH is 1. The van der Waals surface area contributed by atoms with Crippen molar-refractivity contribution >= 4 is 39.2 Å². The van der Waals surface area contributed by atoms with Gasteiger partial charge in [0, 0.05) is 21.7 Å². The highest BCUT2D eigenvalue weighted by atomic mass is 79.9. The molecule has 2 rings (SSSR count). The molecule has 1 atom stereocenters. The Kier molecular flexibility index (Phi) is 5.83. The number of aliphatic hydroxyl groups is 1. The van der Waals surface area contributed by atoms with Gasteiger partial charge in [-0.15, -0.1) is 0 Å². The fourth-order valence-corrected chi connectivity index (χ4v) is 2.34. The van der Waals surface area contributed by atoms with Gasteiger partial charge >= 0.3 is 6.03 Å². The van der Waals surface area contributed by atoms with Crippen LogP contribution in [0.25, 0.3) is 0 Å². The number of hydrogen-bond donors (Lipinski definition) is 3. The summed E-state index contributed by atoms with van der Waals surface area (Å²) in [7, 11) is 0. The molecule has 0 saturated carbocycles. The van der Waals surface area contributed by atoms with Gasteiger partial charge in [-0.25, -0.2) is 4.79 Å². The van der Waals surface area contributed by atoms with E-state index in [4.69, 9.17) is 11.6 Å². The third kappa shape index (κ3) is 4.73. The molecule has 0 fully saturated rings. The fourth-order valence-electron chi connectivity index (χ4n) is 1.84. The van der Waals surface area contributed by atoms with E-state index in [-0.39, 0.29) is 12.6 Å². The molecule has 0 aromatic heterocycles. The molecule has 2 aromatic carbocycles. The van der Waals surface area contributed by atoms with Crippen molar-refractivity contribution in [3.8, 4) is 0 Å². The van der Waals surface area contributed by atoms with Gasteiger partial charge in [-0.3, -0.25) is 0 Å². The van der Waals surface area contributed by atoms with E-state index in [9.17, 15) is 9.90 Å². The predicted octanol–water partition coefficient (Wildman–Crippen LogP) is 4.27. The molecule has 1 unspecified atom stereocenters. The first-order valence-electron chi connectivity index (χ1n) is 6.70. The van der Waals surface area contributed by atoms with Gasteiger partial charge in [0.25, 0.3) is 0 Å². The Balaban J connectivity index is 1.86. The molecule has 22 heavy (non-hydrogen) atoms. The average molecular weight is 384 g/mol. The number of urea groups is 1. The normalized spacial score (nSPS) is 11.8. The number of carbonyl (C=O) groups is 1. The van der Waals surface area contributed by atoms with Crippen LogP contribution in [0.1, 0.15) is 17.2 Å². The number of rotatable bonds is 4. The van der Waals surface area contributed by atoms with Crippen LogP contribution < -0.4 is 10.6 Å². The summed E-state index contributed by atoms with van der Waals surface area (Å²) < 4.78 is 0.923. The zero-order valence-corrected chi connectivity index (χ0v) is 14.3. The lowest BCUT2D eigenvalue weighted by Gasteiger charge is -2.13. The molecule has 0 saturated heterocycles. The first kappa shape index (κ1) is 16.8. The van der Waals surface area contributed by atoms with Crippen molar-refractivity contribution in [3.63, 3.8) is 0 Å². The molecule has 0 radical (unpaired) electrons. The van der Waals surface area contributed by atoms with Gasteiger partial charge in [0.2, 0.25) is 0 Å². The molecule has 3 N–H and O–H groups in total. The minimum atomic E-state index is -0.784. The fraction of sp³-hybridized carbons (Fsp3) is 0.188. The van der Waals surface area contributed by atoms with Crippen molar-refractivity contribution in [2.45, 2.75) is 13.0 Å². The van der Waals surface area contributed by atoms with Crippen molar-refractivity contribution in [1.29, 1.82) is 0 Å². The second-order valence-electron chi connectivity index (χ2n) is 4.87. The Morgan fingerprint density at radius 3 is 2.59 bits per heavy atom. The zero-order valence-electron chi connectivity index (χ0n) is 11.9. The number of aryl methyl sites for hydroxylation is 1. The summed E-state index contributed by atoms with van der Waals surface area (Å²) in [6.07, 6.45) is -0.784. The molecular formula is C16H16BrClN2O2. The molecule has 0 aliphatic heterocycles. The summed E-state index contributed by atoms with van der Waals surface area (Å²) >= 11 is 9.20. The predicted molar refractivity (Wildman–Crippen MR) is 92.3 cm³/mol. The Hall–Kier alpha value is -1.56. The van der Waals surface area contributed by atoms with E-state index in [1.807, 2.05) is 25.1 Å². The van der Waals surface area contributed by atoms with Crippen LogP contribution in [0.2, 0.25) is 5.02 Å². The SMILES string of the molecule is Cc1ccc(NC(=O)NCC(O)c2ccc(Cl)cc2)cc1Br. The van der Waals surface area contributed by atoms with Crippen LogP contribution in [0, 0.1) is 6.92 Å². The Bertz CT molecular complexity index is 662. The van der Waals surface area contributed by atoms with Crippen molar-refractivity contribution in [1.82, 2.24) is 5.32 Å². The number of anilines is 1. The highest BCUT2D eigenvalue weighted by molar-refractivity contribution is 9.10. The zero-order chi connectivity index (χ0) is 16.1. The summed E-state index contributed by atoms with van der Waals surface area (Å²) in [5.74, 6) is 0.